The third kappa shape index (κ3) is 1.87. The van der Waals surface area contributed by atoms with Crippen molar-refractivity contribution in [3.63, 3.8) is 0 Å². The van der Waals surface area contributed by atoms with Gasteiger partial charge in [0.1, 0.15) is 11.3 Å². The van der Waals surface area contributed by atoms with Gasteiger partial charge in [-0.25, -0.2) is 4.98 Å². The molecule has 1 aliphatic rings. The van der Waals surface area contributed by atoms with E-state index in [4.69, 9.17) is 9.52 Å². The summed E-state index contributed by atoms with van der Waals surface area (Å²) in [7, 11) is 0. The third-order valence-electron chi connectivity index (χ3n) is 2.86. The van der Waals surface area contributed by atoms with Gasteiger partial charge in [0.15, 0.2) is 0 Å². The number of carboxylic acids is 1. The molecule has 1 aliphatic carbocycles. The van der Waals surface area contributed by atoms with Gasteiger partial charge in [0.25, 0.3) is 0 Å². The summed E-state index contributed by atoms with van der Waals surface area (Å²) in [5.41, 5.74) is -0.748. The first-order chi connectivity index (χ1) is 7.12. The average molecular weight is 210 g/mol. The molecule has 0 amide bonds. The molecule has 0 radical (unpaired) electrons. The maximum Gasteiger partial charge on any atom is 0.323 e. The first-order valence-corrected chi connectivity index (χ1v) is 5.02. The van der Waals surface area contributed by atoms with Gasteiger partial charge in [0, 0.05) is 0 Å². The minimum Gasteiger partial charge on any atom is -0.480 e. The molecule has 5 heteroatoms. The second kappa shape index (κ2) is 3.66. The van der Waals surface area contributed by atoms with Gasteiger partial charge in [0.05, 0.1) is 12.7 Å². The van der Waals surface area contributed by atoms with Crippen molar-refractivity contribution >= 4 is 5.97 Å². The van der Waals surface area contributed by atoms with E-state index in [0.717, 1.165) is 12.2 Å². The summed E-state index contributed by atoms with van der Waals surface area (Å²) in [4.78, 5) is 15.0. The molecule has 0 aromatic carbocycles. The van der Waals surface area contributed by atoms with Gasteiger partial charge >= 0.3 is 5.97 Å². The number of nitrogens with zero attached hydrogens (tertiary/aromatic N) is 1. The van der Waals surface area contributed by atoms with Gasteiger partial charge in [-0.15, -0.1) is 0 Å². The van der Waals surface area contributed by atoms with E-state index in [9.17, 15) is 4.79 Å². The van der Waals surface area contributed by atoms with Gasteiger partial charge < -0.3 is 9.52 Å². The summed E-state index contributed by atoms with van der Waals surface area (Å²) in [6.07, 6.45) is 3.96. The molecule has 0 bridgehead atoms. The zero-order valence-electron chi connectivity index (χ0n) is 8.62. The Bertz CT molecular complexity index is 368. The quantitative estimate of drug-likeness (QED) is 0.777. The lowest BCUT2D eigenvalue weighted by atomic mass is 9.77. The van der Waals surface area contributed by atoms with E-state index in [2.05, 4.69) is 10.3 Å². The SMILES string of the molecule is Cc1cnc(CNC2(C(=O)O)CCC2)o1. The summed E-state index contributed by atoms with van der Waals surface area (Å²) < 4.78 is 5.26. The number of oxazole rings is 1. The van der Waals surface area contributed by atoms with Crippen molar-refractivity contribution in [1.82, 2.24) is 10.3 Å². The van der Waals surface area contributed by atoms with Crippen LogP contribution in [0, 0.1) is 6.92 Å². The largest absolute Gasteiger partial charge is 0.480 e. The van der Waals surface area contributed by atoms with E-state index in [-0.39, 0.29) is 0 Å². The van der Waals surface area contributed by atoms with Gasteiger partial charge in [-0.1, -0.05) is 0 Å². The Morgan fingerprint density at radius 3 is 2.87 bits per heavy atom. The minimum atomic E-state index is -0.781. The zero-order chi connectivity index (χ0) is 10.9. The lowest BCUT2D eigenvalue weighted by Crippen LogP contribution is -2.56. The number of rotatable bonds is 4. The van der Waals surface area contributed by atoms with Crippen molar-refractivity contribution < 1.29 is 14.3 Å². The number of carboxylic acid groups (broad SMARTS) is 1. The topological polar surface area (TPSA) is 75.4 Å². The molecule has 0 aliphatic heterocycles. The van der Waals surface area contributed by atoms with Crippen LogP contribution in [0.15, 0.2) is 10.6 Å². The standard InChI is InChI=1S/C10H14N2O3/c1-7-5-11-8(15-7)6-12-10(9(13)14)3-2-4-10/h5,12H,2-4,6H2,1H3,(H,13,14). The number of nitrogens with one attached hydrogen (secondary N) is 1. The Morgan fingerprint density at radius 1 is 1.73 bits per heavy atom. The molecule has 0 atom stereocenters. The van der Waals surface area contributed by atoms with Gasteiger partial charge in [0.2, 0.25) is 5.89 Å². The molecule has 1 aromatic rings. The number of aliphatic carboxylic acids is 1. The van der Waals surface area contributed by atoms with Crippen molar-refractivity contribution in [2.45, 2.75) is 38.3 Å². The predicted molar refractivity (Wildman–Crippen MR) is 52.3 cm³/mol. The first-order valence-electron chi connectivity index (χ1n) is 5.02. The molecule has 0 unspecified atom stereocenters. The van der Waals surface area contributed by atoms with Gasteiger partial charge in [-0.2, -0.15) is 0 Å². The summed E-state index contributed by atoms with van der Waals surface area (Å²) in [6, 6.07) is 0. The van der Waals surface area contributed by atoms with Crippen LogP contribution in [0.5, 0.6) is 0 Å². The summed E-state index contributed by atoms with van der Waals surface area (Å²) in [6.45, 7) is 2.19. The predicted octanol–water partition coefficient (Wildman–Crippen LogP) is 1.08. The Labute approximate surface area is 87.5 Å². The lowest BCUT2D eigenvalue weighted by Gasteiger charge is -2.38. The summed E-state index contributed by atoms with van der Waals surface area (Å²) in [5.74, 6) is 0.502. The highest BCUT2D eigenvalue weighted by atomic mass is 16.4. The lowest BCUT2D eigenvalue weighted by molar-refractivity contribution is -0.149. The fourth-order valence-corrected chi connectivity index (χ4v) is 1.72. The Hall–Kier alpha value is -1.36. The normalized spacial score (nSPS) is 18.5. The Balaban J connectivity index is 1.95. The molecule has 2 rings (SSSR count). The van der Waals surface area contributed by atoms with E-state index in [1.807, 2.05) is 6.92 Å². The van der Waals surface area contributed by atoms with Crippen LogP contribution in [-0.2, 0) is 11.3 Å². The van der Waals surface area contributed by atoms with Crippen molar-refractivity contribution in [1.29, 1.82) is 0 Å². The van der Waals surface area contributed by atoms with Crippen LogP contribution in [-0.4, -0.2) is 21.6 Å². The molecule has 1 aromatic heterocycles. The molecule has 1 heterocycles. The van der Waals surface area contributed by atoms with Crippen LogP contribution < -0.4 is 5.32 Å². The number of hydrogen-bond donors (Lipinski definition) is 2. The monoisotopic (exact) mass is 210 g/mol. The molecular formula is C10H14N2O3. The van der Waals surface area contributed by atoms with Crippen LogP contribution in [0.2, 0.25) is 0 Å². The maximum atomic E-state index is 11.0. The fraction of sp³-hybridized carbons (Fsp3) is 0.600. The number of carbonyl (C=O) groups is 1. The molecule has 15 heavy (non-hydrogen) atoms. The average Bonchev–Trinajstić information content (AvgIpc) is 2.49. The maximum absolute atomic E-state index is 11.0. The van der Waals surface area contributed by atoms with Crippen LogP contribution in [0.25, 0.3) is 0 Å². The third-order valence-corrected chi connectivity index (χ3v) is 2.86. The second-order valence-corrected chi connectivity index (χ2v) is 3.96. The molecule has 1 saturated carbocycles. The van der Waals surface area contributed by atoms with Crippen LogP contribution in [0.1, 0.15) is 30.9 Å². The smallest absolute Gasteiger partial charge is 0.323 e. The first kappa shape index (κ1) is 10.2. The van der Waals surface area contributed by atoms with Crippen LogP contribution in [0.4, 0.5) is 0 Å². The highest BCUT2D eigenvalue weighted by Gasteiger charge is 2.44. The van der Waals surface area contributed by atoms with Crippen molar-refractivity contribution in [2.75, 3.05) is 0 Å². The fourth-order valence-electron chi connectivity index (χ4n) is 1.72. The van der Waals surface area contributed by atoms with E-state index < -0.39 is 11.5 Å². The molecule has 82 valence electrons. The summed E-state index contributed by atoms with van der Waals surface area (Å²) in [5, 5.41) is 12.1. The second-order valence-electron chi connectivity index (χ2n) is 3.96. The molecule has 0 saturated heterocycles. The Morgan fingerprint density at radius 2 is 2.47 bits per heavy atom. The summed E-state index contributed by atoms with van der Waals surface area (Å²) >= 11 is 0. The molecule has 0 spiro atoms. The Kier molecular flexibility index (Phi) is 2.48. The van der Waals surface area contributed by atoms with Crippen molar-refractivity contribution in [3.05, 3.63) is 17.8 Å². The molecular weight excluding hydrogens is 196 g/mol. The van der Waals surface area contributed by atoms with Gasteiger partial charge in [-0.3, -0.25) is 10.1 Å². The van der Waals surface area contributed by atoms with E-state index in [0.29, 0.717) is 25.3 Å². The van der Waals surface area contributed by atoms with Crippen molar-refractivity contribution in [3.8, 4) is 0 Å². The van der Waals surface area contributed by atoms with Crippen LogP contribution >= 0.6 is 0 Å². The molecule has 1 fully saturated rings. The van der Waals surface area contributed by atoms with Gasteiger partial charge in [-0.05, 0) is 26.2 Å². The zero-order valence-corrected chi connectivity index (χ0v) is 8.62. The van der Waals surface area contributed by atoms with E-state index in [1.165, 1.54) is 0 Å². The number of hydrogen-bond acceptors (Lipinski definition) is 4. The molecule has 2 N–H and O–H groups in total. The highest BCUT2D eigenvalue weighted by molar-refractivity contribution is 5.79. The molecule has 5 nitrogen and oxygen atoms in total. The highest BCUT2D eigenvalue weighted by Crippen LogP contribution is 2.32. The number of aromatic nitrogens is 1. The minimum absolute atomic E-state index is 0.375. The van der Waals surface area contributed by atoms with E-state index >= 15 is 0 Å². The van der Waals surface area contributed by atoms with E-state index in [1.54, 1.807) is 6.20 Å². The van der Waals surface area contributed by atoms with Crippen molar-refractivity contribution in [2.24, 2.45) is 0 Å². The number of aryl methyl sites for hydroxylation is 1. The van der Waals surface area contributed by atoms with Crippen LogP contribution in [0.3, 0.4) is 0 Å².